The molecule has 1 aliphatic carbocycles. The summed E-state index contributed by atoms with van der Waals surface area (Å²) in [5.41, 5.74) is 0.573. The zero-order valence-corrected chi connectivity index (χ0v) is 9.61. The summed E-state index contributed by atoms with van der Waals surface area (Å²) < 4.78 is 0. The number of nitrogens with one attached hydrogen (secondary N) is 1. The Bertz CT molecular complexity index is 211. The Morgan fingerprint density at radius 3 is 3.00 bits per heavy atom. The van der Waals surface area contributed by atoms with Crippen molar-refractivity contribution in [3.05, 3.63) is 0 Å². The van der Waals surface area contributed by atoms with E-state index in [0.717, 1.165) is 6.04 Å². The second-order valence-electron chi connectivity index (χ2n) is 4.98. The van der Waals surface area contributed by atoms with Crippen molar-refractivity contribution >= 4 is 11.8 Å². The minimum Gasteiger partial charge on any atom is -0.313 e. The molecule has 1 unspecified atom stereocenters. The van der Waals surface area contributed by atoms with Crippen LogP contribution in [0, 0.1) is 0 Å². The summed E-state index contributed by atoms with van der Waals surface area (Å²) >= 11 is 2.14. The molecular formula is C11H20N2S. The summed E-state index contributed by atoms with van der Waals surface area (Å²) in [7, 11) is 0. The van der Waals surface area contributed by atoms with Gasteiger partial charge in [-0.05, 0) is 12.8 Å². The standard InChI is InChI=1S/C11H20N2S/c1-2-4-11(3-1)9-12-7-10-8-14-6-5-13(10)11/h10,12H,1-9H2. The van der Waals surface area contributed by atoms with Crippen LogP contribution < -0.4 is 5.32 Å². The van der Waals surface area contributed by atoms with Gasteiger partial charge in [-0.25, -0.2) is 0 Å². The summed E-state index contributed by atoms with van der Waals surface area (Å²) in [6, 6.07) is 0.834. The Morgan fingerprint density at radius 1 is 1.29 bits per heavy atom. The van der Waals surface area contributed by atoms with Crippen LogP contribution in [0.2, 0.25) is 0 Å². The largest absolute Gasteiger partial charge is 0.313 e. The van der Waals surface area contributed by atoms with Gasteiger partial charge < -0.3 is 5.32 Å². The number of rotatable bonds is 0. The van der Waals surface area contributed by atoms with E-state index < -0.39 is 0 Å². The van der Waals surface area contributed by atoms with Gasteiger partial charge in [-0.2, -0.15) is 11.8 Å². The van der Waals surface area contributed by atoms with Crippen molar-refractivity contribution < 1.29 is 0 Å². The van der Waals surface area contributed by atoms with Crippen LogP contribution in [0.3, 0.4) is 0 Å². The van der Waals surface area contributed by atoms with Crippen LogP contribution >= 0.6 is 11.8 Å². The molecule has 0 amide bonds. The van der Waals surface area contributed by atoms with Crippen molar-refractivity contribution in [2.75, 3.05) is 31.1 Å². The van der Waals surface area contributed by atoms with Gasteiger partial charge in [0.2, 0.25) is 0 Å². The highest BCUT2D eigenvalue weighted by atomic mass is 32.2. The SMILES string of the molecule is C1CCC2(C1)CNCC1CSCCN12. The van der Waals surface area contributed by atoms with E-state index in [2.05, 4.69) is 22.0 Å². The highest BCUT2D eigenvalue weighted by Crippen LogP contribution is 2.39. The highest BCUT2D eigenvalue weighted by Gasteiger charge is 2.45. The number of hydrogen-bond donors (Lipinski definition) is 1. The van der Waals surface area contributed by atoms with Gasteiger partial charge in [0.1, 0.15) is 0 Å². The van der Waals surface area contributed by atoms with Crippen molar-refractivity contribution in [2.45, 2.75) is 37.3 Å². The molecule has 3 heteroatoms. The smallest absolute Gasteiger partial charge is 0.0338 e. The molecule has 1 atom stereocenters. The Hall–Kier alpha value is 0.270. The van der Waals surface area contributed by atoms with E-state index >= 15 is 0 Å². The molecule has 3 fully saturated rings. The van der Waals surface area contributed by atoms with Crippen molar-refractivity contribution in [2.24, 2.45) is 0 Å². The van der Waals surface area contributed by atoms with E-state index in [1.807, 2.05) is 0 Å². The minimum absolute atomic E-state index is 0.573. The van der Waals surface area contributed by atoms with Gasteiger partial charge in [0.05, 0.1) is 0 Å². The molecule has 2 nitrogen and oxygen atoms in total. The fraction of sp³-hybridized carbons (Fsp3) is 1.00. The van der Waals surface area contributed by atoms with Crippen molar-refractivity contribution in [3.63, 3.8) is 0 Å². The van der Waals surface area contributed by atoms with Crippen LogP contribution in [0.4, 0.5) is 0 Å². The number of thioether (sulfide) groups is 1. The first-order valence-electron chi connectivity index (χ1n) is 5.96. The molecule has 2 heterocycles. The molecular weight excluding hydrogens is 192 g/mol. The van der Waals surface area contributed by atoms with E-state index in [1.54, 1.807) is 0 Å². The molecule has 80 valence electrons. The van der Waals surface area contributed by atoms with Crippen molar-refractivity contribution in [1.29, 1.82) is 0 Å². The topological polar surface area (TPSA) is 15.3 Å². The number of fused-ring (bicyclic) bond motifs is 2. The van der Waals surface area contributed by atoms with E-state index in [4.69, 9.17) is 0 Å². The molecule has 0 aromatic rings. The van der Waals surface area contributed by atoms with Gasteiger partial charge in [0.15, 0.2) is 0 Å². The van der Waals surface area contributed by atoms with Gasteiger partial charge in [0.25, 0.3) is 0 Å². The second kappa shape index (κ2) is 3.69. The molecule has 0 bridgehead atoms. The fourth-order valence-corrected chi connectivity index (χ4v) is 4.58. The summed E-state index contributed by atoms with van der Waals surface area (Å²) in [4.78, 5) is 2.85. The zero-order chi connectivity index (χ0) is 9.43. The Labute approximate surface area is 90.8 Å². The minimum atomic E-state index is 0.573. The monoisotopic (exact) mass is 212 g/mol. The summed E-state index contributed by atoms with van der Waals surface area (Å²) in [6.07, 6.45) is 5.80. The lowest BCUT2D eigenvalue weighted by molar-refractivity contribution is 0.0285. The molecule has 0 radical (unpaired) electrons. The number of hydrogen-bond acceptors (Lipinski definition) is 3. The van der Waals surface area contributed by atoms with Gasteiger partial charge in [-0.3, -0.25) is 4.90 Å². The molecule has 2 saturated heterocycles. The lowest BCUT2D eigenvalue weighted by Crippen LogP contribution is -2.66. The molecule has 2 aliphatic heterocycles. The Morgan fingerprint density at radius 2 is 2.14 bits per heavy atom. The van der Waals surface area contributed by atoms with Crippen LogP contribution in [0.1, 0.15) is 25.7 Å². The third-order valence-corrected chi connectivity index (χ3v) is 5.30. The molecule has 1 saturated carbocycles. The van der Waals surface area contributed by atoms with Gasteiger partial charge in [0, 0.05) is 42.7 Å². The van der Waals surface area contributed by atoms with Gasteiger partial charge >= 0.3 is 0 Å². The summed E-state index contributed by atoms with van der Waals surface area (Å²) in [5.74, 6) is 2.72. The lowest BCUT2D eigenvalue weighted by Gasteiger charge is -2.52. The van der Waals surface area contributed by atoms with Crippen LogP contribution in [0.5, 0.6) is 0 Å². The average molecular weight is 212 g/mol. The van der Waals surface area contributed by atoms with Crippen molar-refractivity contribution in [1.82, 2.24) is 10.2 Å². The average Bonchev–Trinajstić information content (AvgIpc) is 2.68. The molecule has 0 aromatic carbocycles. The molecule has 1 spiro atoms. The maximum Gasteiger partial charge on any atom is 0.0338 e. The zero-order valence-electron chi connectivity index (χ0n) is 8.80. The van der Waals surface area contributed by atoms with Gasteiger partial charge in [-0.15, -0.1) is 0 Å². The van der Waals surface area contributed by atoms with Crippen LogP contribution in [-0.4, -0.2) is 47.6 Å². The van der Waals surface area contributed by atoms with Crippen LogP contribution in [0.15, 0.2) is 0 Å². The van der Waals surface area contributed by atoms with E-state index in [0.29, 0.717) is 5.54 Å². The van der Waals surface area contributed by atoms with E-state index in [-0.39, 0.29) is 0 Å². The lowest BCUT2D eigenvalue weighted by atomic mass is 9.90. The third-order valence-electron chi connectivity index (χ3n) is 4.21. The first kappa shape index (κ1) is 9.49. The van der Waals surface area contributed by atoms with E-state index in [1.165, 1.54) is 56.8 Å². The Balaban J connectivity index is 1.82. The first-order chi connectivity index (χ1) is 6.91. The molecule has 0 aromatic heterocycles. The van der Waals surface area contributed by atoms with Crippen LogP contribution in [0.25, 0.3) is 0 Å². The maximum atomic E-state index is 3.66. The molecule has 14 heavy (non-hydrogen) atoms. The predicted octanol–water partition coefficient (Wildman–Crippen LogP) is 1.32. The molecule has 3 aliphatic rings. The molecule has 3 rings (SSSR count). The maximum absolute atomic E-state index is 3.66. The summed E-state index contributed by atoms with van der Waals surface area (Å²) in [6.45, 7) is 3.83. The van der Waals surface area contributed by atoms with E-state index in [9.17, 15) is 0 Å². The predicted molar refractivity (Wildman–Crippen MR) is 61.9 cm³/mol. The summed E-state index contributed by atoms with van der Waals surface area (Å²) in [5, 5.41) is 3.66. The van der Waals surface area contributed by atoms with Crippen LogP contribution in [-0.2, 0) is 0 Å². The number of piperazine rings is 1. The Kier molecular flexibility index (Phi) is 2.50. The number of nitrogens with zero attached hydrogens (tertiary/aromatic N) is 1. The quantitative estimate of drug-likeness (QED) is 0.652. The third kappa shape index (κ3) is 1.41. The highest BCUT2D eigenvalue weighted by molar-refractivity contribution is 7.99. The first-order valence-corrected chi connectivity index (χ1v) is 7.11. The molecule has 1 N–H and O–H groups in total. The van der Waals surface area contributed by atoms with Gasteiger partial charge in [-0.1, -0.05) is 12.8 Å². The normalized spacial score (nSPS) is 37.3. The second-order valence-corrected chi connectivity index (χ2v) is 6.13. The van der Waals surface area contributed by atoms with Crippen molar-refractivity contribution in [3.8, 4) is 0 Å². The fourth-order valence-electron chi connectivity index (χ4n) is 3.52.